The zero-order chi connectivity index (χ0) is 70.1. The van der Waals surface area contributed by atoms with E-state index in [0.717, 1.165) is 108 Å². The Morgan fingerprint density at radius 3 is 0.716 bits per heavy atom. The van der Waals surface area contributed by atoms with Gasteiger partial charge in [-0.1, -0.05) is 337 Å². The molecule has 0 saturated carbocycles. The van der Waals surface area contributed by atoms with Crippen LogP contribution in [0.3, 0.4) is 0 Å². The fourth-order valence-electron chi connectivity index (χ4n) is 11.6. The number of ether oxygens (including phenoxy) is 4. The Hall–Kier alpha value is -1.94. The van der Waals surface area contributed by atoms with Crippen molar-refractivity contribution in [3.8, 4) is 0 Å². The molecule has 0 aliphatic carbocycles. The smallest absolute Gasteiger partial charge is 0.462 e. The topological polar surface area (TPSA) is 237 Å². The SMILES string of the molecule is CCCCCCCCCCCC(=O)OC[C@H](COP(=O)(O)OC[C@H](O)COP(=O)(O)OC[C@@H](COC(=O)CCCCCCCCCCCCCC(C)C)OC(=O)CCCCCCCCCCCCCCCCCCCCC(C)C)OC(=O)CCCCCCCCCCC(C)C. The maximum atomic E-state index is 13.1. The van der Waals surface area contributed by atoms with E-state index in [1.54, 1.807) is 0 Å². The summed E-state index contributed by atoms with van der Waals surface area (Å²) in [5.74, 6) is 0.189. The average molecular weight is 1400 g/mol. The van der Waals surface area contributed by atoms with Crippen molar-refractivity contribution in [1.82, 2.24) is 0 Å². The summed E-state index contributed by atoms with van der Waals surface area (Å²) in [5, 5.41) is 10.6. The largest absolute Gasteiger partial charge is 0.472 e. The third kappa shape index (κ3) is 70.3. The first kappa shape index (κ1) is 93.1. The van der Waals surface area contributed by atoms with E-state index in [-0.39, 0.29) is 25.7 Å². The molecule has 0 amide bonds. The lowest BCUT2D eigenvalue weighted by Crippen LogP contribution is -2.30. The van der Waals surface area contributed by atoms with Gasteiger partial charge in [-0.15, -0.1) is 0 Å². The van der Waals surface area contributed by atoms with Crippen LogP contribution in [0, 0.1) is 17.8 Å². The highest BCUT2D eigenvalue weighted by Gasteiger charge is 2.30. The van der Waals surface area contributed by atoms with Gasteiger partial charge in [0.25, 0.3) is 0 Å². The number of hydrogen-bond donors (Lipinski definition) is 3. The summed E-state index contributed by atoms with van der Waals surface area (Å²) in [6.45, 7) is 11.9. The predicted molar refractivity (Wildman–Crippen MR) is 386 cm³/mol. The molecule has 5 atom stereocenters. The van der Waals surface area contributed by atoms with E-state index < -0.39 is 97.5 Å². The van der Waals surface area contributed by atoms with Crippen LogP contribution < -0.4 is 0 Å². The molecule has 0 saturated heterocycles. The molecule has 0 aliphatic rings. The van der Waals surface area contributed by atoms with Gasteiger partial charge in [0.1, 0.15) is 19.3 Å². The molecule has 95 heavy (non-hydrogen) atoms. The minimum Gasteiger partial charge on any atom is -0.462 e. The number of carbonyl (C=O) groups is 4. The summed E-state index contributed by atoms with van der Waals surface area (Å²) in [4.78, 5) is 72.7. The lowest BCUT2D eigenvalue weighted by atomic mass is 10.0. The molecule has 0 spiro atoms. The van der Waals surface area contributed by atoms with Crippen LogP contribution >= 0.6 is 15.6 Å². The van der Waals surface area contributed by atoms with Crippen molar-refractivity contribution in [2.75, 3.05) is 39.6 Å². The second-order valence-electron chi connectivity index (χ2n) is 28.8. The summed E-state index contributed by atoms with van der Waals surface area (Å²) in [6, 6.07) is 0. The number of esters is 4. The van der Waals surface area contributed by atoms with Gasteiger partial charge in [0.05, 0.1) is 26.4 Å². The molecule has 564 valence electrons. The van der Waals surface area contributed by atoms with Crippen LogP contribution in [0.15, 0.2) is 0 Å². The Kier molecular flexibility index (Phi) is 65.2. The van der Waals surface area contributed by atoms with Gasteiger partial charge in [-0.2, -0.15) is 0 Å². The standard InChI is InChI=1S/C76H148O17P2/c1-8-9-10-11-12-26-36-43-50-57-73(78)86-63-72(93-76(81)60-53-46-39-32-31-35-42-49-56-69(6)7)66-91-95(84,85)89-62-70(77)61-88-94(82,83)90-65-71(64-87-74(79)58-51-44-37-29-25-21-23-28-34-41-48-55-68(4)5)92-75(80)59-52-45-38-30-24-20-18-16-14-13-15-17-19-22-27-33-40-47-54-67(2)3/h67-72,77H,8-66H2,1-7H3,(H,82,83)(H,84,85)/t70-,71-,72-/m1/s1. The van der Waals surface area contributed by atoms with Crippen molar-refractivity contribution in [3.63, 3.8) is 0 Å². The zero-order valence-corrected chi connectivity index (χ0v) is 63.9. The van der Waals surface area contributed by atoms with Gasteiger partial charge < -0.3 is 33.8 Å². The molecule has 3 N–H and O–H groups in total. The highest BCUT2D eigenvalue weighted by Crippen LogP contribution is 2.45. The van der Waals surface area contributed by atoms with Crippen LogP contribution in [-0.2, 0) is 65.4 Å². The second-order valence-corrected chi connectivity index (χ2v) is 31.7. The van der Waals surface area contributed by atoms with Gasteiger partial charge in [-0.3, -0.25) is 37.3 Å². The molecule has 0 fully saturated rings. The van der Waals surface area contributed by atoms with E-state index in [0.29, 0.717) is 25.7 Å². The lowest BCUT2D eigenvalue weighted by Gasteiger charge is -2.21. The predicted octanol–water partition coefficient (Wildman–Crippen LogP) is 22.2. The number of aliphatic hydroxyl groups is 1. The van der Waals surface area contributed by atoms with Crippen LogP contribution in [0.2, 0.25) is 0 Å². The Morgan fingerprint density at radius 2 is 0.484 bits per heavy atom. The Morgan fingerprint density at radius 1 is 0.284 bits per heavy atom. The first-order valence-electron chi connectivity index (χ1n) is 39.3. The molecule has 2 unspecified atom stereocenters. The number of phosphoric ester groups is 2. The minimum absolute atomic E-state index is 0.104. The number of hydrogen-bond acceptors (Lipinski definition) is 15. The van der Waals surface area contributed by atoms with Gasteiger partial charge in [0, 0.05) is 25.7 Å². The fourth-order valence-corrected chi connectivity index (χ4v) is 13.2. The molecule has 0 aromatic heterocycles. The van der Waals surface area contributed by atoms with Gasteiger partial charge >= 0.3 is 39.5 Å². The highest BCUT2D eigenvalue weighted by molar-refractivity contribution is 7.47. The fraction of sp³-hybridized carbons (Fsp3) is 0.947. The van der Waals surface area contributed by atoms with Crippen LogP contribution in [0.5, 0.6) is 0 Å². The van der Waals surface area contributed by atoms with Gasteiger partial charge in [0.2, 0.25) is 0 Å². The number of carbonyl (C=O) groups excluding carboxylic acids is 4. The number of phosphoric acid groups is 2. The molecule has 0 aliphatic heterocycles. The van der Waals surface area contributed by atoms with Crippen molar-refractivity contribution in [2.24, 2.45) is 17.8 Å². The van der Waals surface area contributed by atoms with E-state index in [9.17, 15) is 43.2 Å². The lowest BCUT2D eigenvalue weighted by molar-refractivity contribution is -0.161. The monoisotopic (exact) mass is 1400 g/mol. The Bertz CT molecular complexity index is 1850. The van der Waals surface area contributed by atoms with E-state index in [2.05, 4.69) is 48.5 Å². The zero-order valence-electron chi connectivity index (χ0n) is 62.1. The third-order valence-electron chi connectivity index (χ3n) is 17.6. The molecule has 0 bridgehead atoms. The summed E-state index contributed by atoms with van der Waals surface area (Å²) < 4.78 is 68.4. The van der Waals surface area contributed by atoms with E-state index in [4.69, 9.17) is 37.0 Å². The molecule has 0 aromatic rings. The van der Waals surface area contributed by atoms with Crippen molar-refractivity contribution in [3.05, 3.63) is 0 Å². The van der Waals surface area contributed by atoms with Crippen molar-refractivity contribution < 1.29 is 80.2 Å². The maximum absolute atomic E-state index is 13.1. The van der Waals surface area contributed by atoms with Crippen molar-refractivity contribution in [2.45, 2.75) is 407 Å². The Balaban J connectivity index is 5.19. The molecular weight excluding hydrogens is 1250 g/mol. The first-order chi connectivity index (χ1) is 45.7. The van der Waals surface area contributed by atoms with Crippen molar-refractivity contribution >= 4 is 39.5 Å². The molecule has 0 radical (unpaired) electrons. The van der Waals surface area contributed by atoms with Gasteiger partial charge in [0.15, 0.2) is 12.2 Å². The summed E-state index contributed by atoms with van der Waals surface area (Å²) >= 11 is 0. The average Bonchev–Trinajstić information content (AvgIpc) is 1.52. The molecule has 17 nitrogen and oxygen atoms in total. The number of rotatable bonds is 74. The van der Waals surface area contributed by atoms with Crippen LogP contribution in [0.4, 0.5) is 0 Å². The highest BCUT2D eigenvalue weighted by atomic mass is 31.2. The summed E-state index contributed by atoms with van der Waals surface area (Å²) in [6.07, 6.45) is 52.9. The molecule has 0 heterocycles. The first-order valence-corrected chi connectivity index (χ1v) is 42.3. The third-order valence-corrected chi connectivity index (χ3v) is 19.5. The van der Waals surface area contributed by atoms with Gasteiger partial charge in [-0.05, 0) is 43.4 Å². The molecular formula is C76H148O17P2. The van der Waals surface area contributed by atoms with Gasteiger partial charge in [-0.25, -0.2) is 9.13 Å². The van der Waals surface area contributed by atoms with Crippen LogP contribution in [0.1, 0.15) is 389 Å². The number of aliphatic hydroxyl groups excluding tert-OH is 1. The maximum Gasteiger partial charge on any atom is 0.472 e. The minimum atomic E-state index is -4.96. The normalized spacial score (nSPS) is 14.1. The van der Waals surface area contributed by atoms with Crippen molar-refractivity contribution in [1.29, 1.82) is 0 Å². The van der Waals surface area contributed by atoms with Crippen LogP contribution in [-0.4, -0.2) is 96.7 Å². The molecule has 19 heteroatoms. The quantitative estimate of drug-likeness (QED) is 0.0222. The number of unbranched alkanes of at least 4 members (excludes halogenated alkanes) is 42. The summed E-state index contributed by atoms with van der Waals surface area (Å²) in [5.41, 5.74) is 0. The molecule has 0 aromatic carbocycles. The Labute approximate surface area is 581 Å². The summed E-state index contributed by atoms with van der Waals surface area (Å²) in [7, 11) is -9.91. The second kappa shape index (κ2) is 66.6. The van der Waals surface area contributed by atoms with Crippen LogP contribution in [0.25, 0.3) is 0 Å². The van der Waals surface area contributed by atoms with E-state index in [1.807, 2.05) is 0 Å². The van der Waals surface area contributed by atoms with E-state index >= 15 is 0 Å². The van der Waals surface area contributed by atoms with E-state index in [1.165, 1.54) is 199 Å². The molecule has 0 rings (SSSR count).